The van der Waals surface area contributed by atoms with Crippen LogP contribution in [-0.4, -0.2) is 40.9 Å². The average molecular weight is 241 g/mol. The van der Waals surface area contributed by atoms with Crippen LogP contribution in [0.5, 0.6) is 0 Å². The van der Waals surface area contributed by atoms with Gasteiger partial charge in [-0.3, -0.25) is 9.58 Å². The molecule has 0 radical (unpaired) electrons. The molecule has 16 heavy (non-hydrogen) atoms. The lowest BCUT2D eigenvalue weighted by atomic mass is 9.74. The van der Waals surface area contributed by atoms with Gasteiger partial charge in [-0.15, -0.1) is 0 Å². The standard InChI is InChI=1S/C11H17ClN4/c1-8-9(10(12)15(2)14-8)3-16-6-11(7-16)4-13-5-11/h13H,3-7H2,1-2H3. The lowest BCUT2D eigenvalue weighted by molar-refractivity contribution is -0.0445. The fourth-order valence-corrected chi connectivity index (χ4v) is 3.03. The van der Waals surface area contributed by atoms with Gasteiger partial charge in [-0.25, -0.2) is 0 Å². The van der Waals surface area contributed by atoms with Crippen LogP contribution in [0.25, 0.3) is 0 Å². The van der Waals surface area contributed by atoms with Gasteiger partial charge in [-0.1, -0.05) is 11.6 Å². The highest BCUT2D eigenvalue weighted by Gasteiger charge is 2.47. The highest BCUT2D eigenvalue weighted by atomic mass is 35.5. The van der Waals surface area contributed by atoms with Crippen molar-refractivity contribution in [1.29, 1.82) is 0 Å². The first-order valence-electron chi connectivity index (χ1n) is 5.71. The molecule has 2 saturated heterocycles. The zero-order valence-corrected chi connectivity index (χ0v) is 10.5. The highest BCUT2D eigenvalue weighted by molar-refractivity contribution is 6.30. The van der Waals surface area contributed by atoms with Gasteiger partial charge in [0, 0.05) is 50.7 Å². The highest BCUT2D eigenvalue weighted by Crippen LogP contribution is 2.35. The van der Waals surface area contributed by atoms with E-state index in [-0.39, 0.29) is 0 Å². The number of nitrogens with one attached hydrogen (secondary N) is 1. The second-order valence-corrected chi connectivity index (χ2v) is 5.59. The maximum Gasteiger partial charge on any atom is 0.131 e. The van der Waals surface area contributed by atoms with Crippen LogP contribution in [0.4, 0.5) is 0 Å². The smallest absolute Gasteiger partial charge is 0.131 e. The molecule has 88 valence electrons. The number of nitrogens with zero attached hydrogens (tertiary/aromatic N) is 3. The maximum atomic E-state index is 6.22. The maximum absolute atomic E-state index is 6.22. The van der Waals surface area contributed by atoms with Crippen molar-refractivity contribution in [3.63, 3.8) is 0 Å². The SMILES string of the molecule is Cc1nn(C)c(Cl)c1CN1CC2(CNC2)C1. The molecule has 1 spiro atoms. The Morgan fingerprint density at radius 1 is 1.44 bits per heavy atom. The number of hydrogen-bond donors (Lipinski definition) is 1. The summed E-state index contributed by atoms with van der Waals surface area (Å²) in [7, 11) is 1.90. The Hall–Kier alpha value is -0.580. The van der Waals surface area contributed by atoms with Gasteiger partial charge in [-0.2, -0.15) is 5.10 Å². The van der Waals surface area contributed by atoms with E-state index in [1.165, 1.54) is 31.7 Å². The fourth-order valence-electron chi connectivity index (χ4n) is 2.79. The third-order valence-electron chi connectivity index (χ3n) is 3.77. The Morgan fingerprint density at radius 2 is 2.12 bits per heavy atom. The molecule has 0 bridgehead atoms. The number of halogens is 1. The van der Waals surface area contributed by atoms with E-state index in [0.717, 1.165) is 17.4 Å². The molecule has 0 saturated carbocycles. The van der Waals surface area contributed by atoms with Crippen LogP contribution in [0, 0.1) is 12.3 Å². The second-order valence-electron chi connectivity index (χ2n) is 5.23. The molecule has 0 aliphatic carbocycles. The predicted octanol–water partition coefficient (Wildman–Crippen LogP) is 0.787. The average Bonchev–Trinajstić information content (AvgIpc) is 2.33. The van der Waals surface area contributed by atoms with E-state index in [1.807, 2.05) is 14.0 Å². The normalized spacial score (nSPS) is 23.2. The summed E-state index contributed by atoms with van der Waals surface area (Å²) in [6, 6.07) is 0. The summed E-state index contributed by atoms with van der Waals surface area (Å²) >= 11 is 6.22. The third kappa shape index (κ3) is 1.48. The summed E-state index contributed by atoms with van der Waals surface area (Å²) in [6.07, 6.45) is 0. The fraction of sp³-hybridized carbons (Fsp3) is 0.727. The summed E-state index contributed by atoms with van der Waals surface area (Å²) in [5, 5.41) is 8.47. The third-order valence-corrected chi connectivity index (χ3v) is 4.24. The van der Waals surface area contributed by atoms with Gasteiger partial charge in [-0.05, 0) is 6.92 Å². The van der Waals surface area contributed by atoms with E-state index in [1.54, 1.807) is 4.68 Å². The minimum absolute atomic E-state index is 0.586. The van der Waals surface area contributed by atoms with Gasteiger partial charge in [0.1, 0.15) is 5.15 Å². The van der Waals surface area contributed by atoms with Crippen LogP contribution in [0.2, 0.25) is 5.15 Å². The largest absolute Gasteiger partial charge is 0.315 e. The Morgan fingerprint density at radius 3 is 2.56 bits per heavy atom. The number of hydrogen-bond acceptors (Lipinski definition) is 3. The number of likely N-dealkylation sites (tertiary alicyclic amines) is 1. The molecule has 3 rings (SSSR count). The molecule has 2 fully saturated rings. The van der Waals surface area contributed by atoms with Gasteiger partial charge < -0.3 is 5.32 Å². The molecule has 1 aromatic heterocycles. The minimum atomic E-state index is 0.586. The predicted molar refractivity (Wildman–Crippen MR) is 63.5 cm³/mol. The first-order valence-corrected chi connectivity index (χ1v) is 6.08. The van der Waals surface area contributed by atoms with Crippen molar-refractivity contribution in [3.05, 3.63) is 16.4 Å². The second kappa shape index (κ2) is 3.45. The molecule has 0 aromatic carbocycles. The van der Waals surface area contributed by atoms with Crippen molar-refractivity contribution in [2.24, 2.45) is 12.5 Å². The lowest BCUT2D eigenvalue weighted by Crippen LogP contribution is -2.70. The monoisotopic (exact) mass is 240 g/mol. The summed E-state index contributed by atoms with van der Waals surface area (Å²) in [5.41, 5.74) is 2.83. The van der Waals surface area contributed by atoms with Crippen LogP contribution >= 0.6 is 11.6 Å². The first kappa shape index (κ1) is 10.6. The Kier molecular flexibility index (Phi) is 2.28. The van der Waals surface area contributed by atoms with Gasteiger partial charge in [0.25, 0.3) is 0 Å². The molecule has 0 amide bonds. The first-order chi connectivity index (χ1) is 7.60. The van der Waals surface area contributed by atoms with E-state index in [2.05, 4.69) is 15.3 Å². The number of rotatable bonds is 2. The molecule has 5 heteroatoms. The molecule has 0 atom stereocenters. The molecule has 2 aliphatic heterocycles. The Bertz CT molecular complexity index is 414. The number of aryl methyl sites for hydroxylation is 2. The van der Waals surface area contributed by atoms with E-state index < -0.39 is 0 Å². The van der Waals surface area contributed by atoms with Crippen molar-refractivity contribution >= 4 is 11.6 Å². The quantitative estimate of drug-likeness (QED) is 0.830. The van der Waals surface area contributed by atoms with Crippen LogP contribution in [0.15, 0.2) is 0 Å². The zero-order chi connectivity index (χ0) is 11.3. The minimum Gasteiger partial charge on any atom is -0.315 e. The summed E-state index contributed by atoms with van der Waals surface area (Å²) in [5.74, 6) is 0. The van der Waals surface area contributed by atoms with Gasteiger partial charge in [0.05, 0.1) is 5.69 Å². The summed E-state index contributed by atoms with van der Waals surface area (Å²) in [4.78, 5) is 2.46. The van der Waals surface area contributed by atoms with Crippen LogP contribution < -0.4 is 5.32 Å². The molecule has 0 unspecified atom stereocenters. The molecular weight excluding hydrogens is 224 g/mol. The van der Waals surface area contributed by atoms with Gasteiger partial charge in [0.15, 0.2) is 0 Å². The molecule has 4 nitrogen and oxygen atoms in total. The van der Waals surface area contributed by atoms with Crippen LogP contribution in [0.1, 0.15) is 11.3 Å². The summed E-state index contributed by atoms with van der Waals surface area (Å²) in [6.45, 7) is 7.74. The molecular formula is C11H17ClN4. The van der Waals surface area contributed by atoms with E-state index in [0.29, 0.717) is 5.41 Å². The van der Waals surface area contributed by atoms with E-state index >= 15 is 0 Å². The zero-order valence-electron chi connectivity index (χ0n) is 9.76. The van der Waals surface area contributed by atoms with Gasteiger partial charge >= 0.3 is 0 Å². The van der Waals surface area contributed by atoms with E-state index in [9.17, 15) is 0 Å². The van der Waals surface area contributed by atoms with Gasteiger partial charge in [0.2, 0.25) is 0 Å². The Balaban J connectivity index is 1.67. The van der Waals surface area contributed by atoms with Crippen LogP contribution in [-0.2, 0) is 13.6 Å². The van der Waals surface area contributed by atoms with Crippen molar-refractivity contribution < 1.29 is 0 Å². The van der Waals surface area contributed by atoms with Crippen molar-refractivity contribution in [2.45, 2.75) is 13.5 Å². The van der Waals surface area contributed by atoms with E-state index in [4.69, 9.17) is 11.6 Å². The summed E-state index contributed by atoms with van der Waals surface area (Å²) < 4.78 is 1.76. The van der Waals surface area contributed by atoms with Crippen LogP contribution in [0.3, 0.4) is 0 Å². The molecule has 3 heterocycles. The van der Waals surface area contributed by atoms with Crippen molar-refractivity contribution in [1.82, 2.24) is 20.0 Å². The molecule has 1 N–H and O–H groups in total. The Labute approximate surface area is 101 Å². The number of aromatic nitrogens is 2. The lowest BCUT2D eigenvalue weighted by Gasteiger charge is -2.56. The molecule has 2 aliphatic rings. The van der Waals surface area contributed by atoms with Crippen molar-refractivity contribution in [2.75, 3.05) is 26.2 Å². The molecule has 1 aromatic rings. The van der Waals surface area contributed by atoms with Crippen molar-refractivity contribution in [3.8, 4) is 0 Å². The topological polar surface area (TPSA) is 33.1 Å².